The zero-order valence-electron chi connectivity index (χ0n) is 16.8. The molecule has 0 spiro atoms. The van der Waals surface area contributed by atoms with Gasteiger partial charge in [-0.1, -0.05) is 58.9 Å². The molecule has 5 heteroatoms. The Bertz CT molecular complexity index is 710. The van der Waals surface area contributed by atoms with Crippen LogP contribution in [-0.4, -0.2) is 18.1 Å². The van der Waals surface area contributed by atoms with Gasteiger partial charge < -0.3 is 15.4 Å². The summed E-state index contributed by atoms with van der Waals surface area (Å²) in [6, 6.07) is 7.20. The number of carbonyl (C=O) groups is 2. The van der Waals surface area contributed by atoms with Gasteiger partial charge in [-0.2, -0.15) is 0 Å². The third-order valence-electron chi connectivity index (χ3n) is 4.35. The lowest BCUT2D eigenvalue weighted by molar-refractivity contribution is -0.143. The average molecular weight is 358 g/mol. The number of hydrogen-bond acceptors (Lipinski definition) is 3. The van der Waals surface area contributed by atoms with Gasteiger partial charge in [-0.3, -0.25) is 0 Å². The predicted octanol–water partition coefficient (Wildman–Crippen LogP) is 4.20. The quantitative estimate of drug-likeness (QED) is 0.793. The van der Waals surface area contributed by atoms with Crippen LogP contribution in [0.25, 0.3) is 0 Å². The van der Waals surface area contributed by atoms with Gasteiger partial charge in [0.15, 0.2) is 0 Å². The van der Waals surface area contributed by atoms with Crippen molar-refractivity contribution in [2.75, 3.05) is 0 Å². The highest BCUT2D eigenvalue weighted by molar-refractivity contribution is 5.95. The van der Waals surface area contributed by atoms with Crippen LogP contribution in [0, 0.1) is 5.92 Å². The van der Waals surface area contributed by atoms with E-state index in [1.54, 1.807) is 0 Å². The minimum Gasteiger partial charge on any atom is -0.459 e. The van der Waals surface area contributed by atoms with Gasteiger partial charge in [0.25, 0.3) is 0 Å². The Morgan fingerprint density at radius 1 is 1.08 bits per heavy atom. The lowest BCUT2D eigenvalue weighted by Gasteiger charge is -2.31. The molecule has 0 bridgehead atoms. The van der Waals surface area contributed by atoms with E-state index in [2.05, 4.69) is 31.4 Å². The lowest BCUT2D eigenvalue weighted by Crippen LogP contribution is -2.47. The SMILES string of the molecule is CC(C)OC(=O)C1=C(C(C)C)NC(=O)NC1c1ccc(C(C)(C)C)cc1. The summed E-state index contributed by atoms with van der Waals surface area (Å²) in [5.41, 5.74) is 3.18. The van der Waals surface area contributed by atoms with E-state index in [0.717, 1.165) is 5.56 Å². The van der Waals surface area contributed by atoms with Crippen molar-refractivity contribution in [2.45, 2.75) is 66.0 Å². The molecule has 1 aromatic rings. The van der Waals surface area contributed by atoms with Gasteiger partial charge in [0, 0.05) is 5.70 Å². The number of carbonyl (C=O) groups excluding carboxylic acids is 2. The maximum absolute atomic E-state index is 12.8. The number of esters is 1. The summed E-state index contributed by atoms with van der Waals surface area (Å²) in [6.07, 6.45) is -0.232. The van der Waals surface area contributed by atoms with Gasteiger partial charge in [0.1, 0.15) is 0 Å². The summed E-state index contributed by atoms with van der Waals surface area (Å²) in [5.74, 6) is -0.409. The number of amides is 2. The molecule has 1 aliphatic rings. The average Bonchev–Trinajstić information content (AvgIpc) is 2.52. The van der Waals surface area contributed by atoms with E-state index in [1.807, 2.05) is 52.0 Å². The van der Waals surface area contributed by atoms with E-state index in [4.69, 9.17) is 4.74 Å². The molecule has 1 unspecified atom stereocenters. The van der Waals surface area contributed by atoms with Crippen LogP contribution in [0.15, 0.2) is 35.5 Å². The number of benzene rings is 1. The number of hydrogen-bond donors (Lipinski definition) is 2. The van der Waals surface area contributed by atoms with Crippen molar-refractivity contribution in [3.05, 3.63) is 46.7 Å². The molecule has 0 aliphatic carbocycles. The molecule has 2 amide bonds. The second-order valence-corrected chi connectivity index (χ2v) is 8.34. The van der Waals surface area contributed by atoms with Crippen LogP contribution in [0.5, 0.6) is 0 Å². The highest BCUT2D eigenvalue weighted by Gasteiger charge is 2.35. The molecule has 2 rings (SSSR count). The zero-order valence-corrected chi connectivity index (χ0v) is 16.8. The van der Waals surface area contributed by atoms with E-state index in [9.17, 15) is 9.59 Å². The highest BCUT2D eigenvalue weighted by Crippen LogP contribution is 2.32. The normalized spacial score (nSPS) is 18.0. The largest absolute Gasteiger partial charge is 0.459 e. The van der Waals surface area contributed by atoms with Gasteiger partial charge in [0.2, 0.25) is 0 Å². The predicted molar refractivity (Wildman–Crippen MR) is 103 cm³/mol. The van der Waals surface area contributed by atoms with Crippen molar-refractivity contribution in [2.24, 2.45) is 5.92 Å². The van der Waals surface area contributed by atoms with E-state index in [-0.39, 0.29) is 23.5 Å². The fraction of sp³-hybridized carbons (Fsp3) is 0.524. The molecule has 0 saturated heterocycles. The molecule has 0 saturated carbocycles. The van der Waals surface area contributed by atoms with Crippen LogP contribution in [0.4, 0.5) is 4.79 Å². The molecule has 1 atom stereocenters. The Hall–Kier alpha value is -2.30. The molecule has 2 N–H and O–H groups in total. The van der Waals surface area contributed by atoms with E-state index >= 15 is 0 Å². The molecule has 0 radical (unpaired) electrons. The molecule has 1 heterocycles. The van der Waals surface area contributed by atoms with Gasteiger partial charge >= 0.3 is 12.0 Å². The topological polar surface area (TPSA) is 67.4 Å². The number of allylic oxidation sites excluding steroid dienone is 1. The van der Waals surface area contributed by atoms with E-state index < -0.39 is 12.0 Å². The Kier molecular flexibility index (Phi) is 5.79. The third kappa shape index (κ3) is 4.45. The fourth-order valence-corrected chi connectivity index (χ4v) is 2.97. The van der Waals surface area contributed by atoms with E-state index in [0.29, 0.717) is 11.3 Å². The van der Waals surface area contributed by atoms with E-state index in [1.165, 1.54) is 5.56 Å². The number of ether oxygens (including phenoxy) is 1. The standard InChI is InChI=1S/C21H30N2O3/c1-12(2)17-16(19(24)26-13(3)4)18(23-20(25)22-17)14-8-10-15(11-9-14)21(5,6)7/h8-13,18H,1-7H3,(H2,22,23,25). The van der Waals surface area contributed by atoms with Crippen LogP contribution in [0.1, 0.15) is 65.6 Å². The number of rotatable bonds is 4. The van der Waals surface area contributed by atoms with Crippen molar-refractivity contribution >= 4 is 12.0 Å². The Morgan fingerprint density at radius 3 is 2.12 bits per heavy atom. The molecule has 5 nitrogen and oxygen atoms in total. The molecular formula is C21H30N2O3. The lowest BCUT2D eigenvalue weighted by atomic mass is 9.85. The number of urea groups is 1. The summed E-state index contributed by atoms with van der Waals surface area (Å²) >= 11 is 0. The van der Waals surface area contributed by atoms with Gasteiger partial charge in [-0.05, 0) is 36.3 Å². The Labute approximate surface area is 156 Å². The molecule has 142 valence electrons. The van der Waals surface area contributed by atoms with Crippen molar-refractivity contribution in [3.8, 4) is 0 Å². The first kappa shape index (κ1) is 20.0. The Morgan fingerprint density at radius 2 is 1.65 bits per heavy atom. The van der Waals surface area contributed by atoms with Crippen LogP contribution >= 0.6 is 0 Å². The summed E-state index contributed by atoms with van der Waals surface area (Å²) in [5, 5.41) is 5.66. The molecule has 0 aromatic heterocycles. The van der Waals surface area contributed by atoms with Crippen LogP contribution in [0.3, 0.4) is 0 Å². The van der Waals surface area contributed by atoms with Crippen molar-refractivity contribution in [3.63, 3.8) is 0 Å². The first-order valence-electron chi connectivity index (χ1n) is 9.13. The van der Waals surface area contributed by atoms with Crippen molar-refractivity contribution < 1.29 is 14.3 Å². The number of nitrogens with one attached hydrogen (secondary N) is 2. The first-order chi connectivity index (χ1) is 12.0. The molecule has 26 heavy (non-hydrogen) atoms. The summed E-state index contributed by atoms with van der Waals surface area (Å²) in [7, 11) is 0. The van der Waals surface area contributed by atoms with Crippen molar-refractivity contribution in [1.29, 1.82) is 0 Å². The first-order valence-corrected chi connectivity index (χ1v) is 9.13. The van der Waals surface area contributed by atoms with Gasteiger partial charge in [-0.15, -0.1) is 0 Å². The van der Waals surface area contributed by atoms with Crippen LogP contribution in [0.2, 0.25) is 0 Å². The van der Waals surface area contributed by atoms with Gasteiger partial charge in [-0.25, -0.2) is 9.59 Å². The Balaban J connectivity index is 2.50. The molecule has 1 aliphatic heterocycles. The van der Waals surface area contributed by atoms with Crippen LogP contribution < -0.4 is 10.6 Å². The summed E-state index contributed by atoms with van der Waals surface area (Å²) in [6.45, 7) is 14.0. The van der Waals surface area contributed by atoms with Gasteiger partial charge in [0.05, 0.1) is 17.7 Å². The highest BCUT2D eigenvalue weighted by atomic mass is 16.5. The third-order valence-corrected chi connectivity index (χ3v) is 4.35. The maximum atomic E-state index is 12.8. The monoisotopic (exact) mass is 358 g/mol. The fourth-order valence-electron chi connectivity index (χ4n) is 2.97. The molecule has 0 fully saturated rings. The van der Waals surface area contributed by atoms with Crippen molar-refractivity contribution in [1.82, 2.24) is 10.6 Å². The minimum atomic E-state index is -0.526. The minimum absolute atomic E-state index is 0.00730. The summed E-state index contributed by atoms with van der Waals surface area (Å²) < 4.78 is 5.45. The molecular weight excluding hydrogens is 328 g/mol. The molecule has 1 aromatic carbocycles. The second kappa shape index (κ2) is 7.52. The smallest absolute Gasteiger partial charge is 0.338 e. The second-order valence-electron chi connectivity index (χ2n) is 8.34. The maximum Gasteiger partial charge on any atom is 0.338 e. The summed E-state index contributed by atoms with van der Waals surface area (Å²) in [4.78, 5) is 24.9. The van der Waals surface area contributed by atoms with Crippen LogP contribution in [-0.2, 0) is 14.9 Å². The zero-order chi connectivity index (χ0) is 19.6.